The lowest BCUT2D eigenvalue weighted by atomic mass is 10.1. The molecular weight excluding hydrogens is 526 g/mol. The summed E-state index contributed by atoms with van der Waals surface area (Å²) in [5.41, 5.74) is 0.842. The molecular formula is C27H33N3O6S2. The third-order valence-corrected chi connectivity index (χ3v) is 9.18. The first-order valence-electron chi connectivity index (χ1n) is 12.5. The summed E-state index contributed by atoms with van der Waals surface area (Å²) in [6.45, 7) is 7.66. The average Bonchev–Trinajstić information content (AvgIpc) is 3.29. The molecule has 9 nitrogen and oxygen atoms in total. The highest BCUT2D eigenvalue weighted by molar-refractivity contribution is 8.16. The Hall–Kier alpha value is -3.05. The number of aliphatic imine (C=N–C) groups is 1. The molecule has 1 N–H and O–H groups in total. The Labute approximate surface area is 227 Å². The van der Waals surface area contributed by atoms with E-state index in [1.165, 1.54) is 11.8 Å². The lowest BCUT2D eigenvalue weighted by Gasteiger charge is -2.25. The largest absolute Gasteiger partial charge is 0.494 e. The molecule has 0 saturated carbocycles. The third-order valence-electron chi connectivity index (χ3n) is 5.97. The van der Waals surface area contributed by atoms with E-state index in [0.717, 1.165) is 11.3 Å². The first-order valence-corrected chi connectivity index (χ1v) is 15.2. The number of hydrogen-bond donors (Lipinski definition) is 1. The number of anilines is 1. The number of nitrogens with one attached hydrogen (secondary N) is 1. The lowest BCUT2D eigenvalue weighted by molar-refractivity contribution is -0.119. The van der Waals surface area contributed by atoms with Crippen molar-refractivity contribution in [3.8, 4) is 5.75 Å². The van der Waals surface area contributed by atoms with E-state index in [-0.39, 0.29) is 29.2 Å². The van der Waals surface area contributed by atoms with Crippen LogP contribution in [0.2, 0.25) is 0 Å². The molecule has 2 aliphatic rings. The standard InChI is InChI=1S/C27H33N3O6S2/c1-5-35-20-13-11-19(12-14-20)30-22-16-38(33,34)17-23(22)37-25(30)29-24(31)21(15-18-9-7-6-8-10-18)28-26(32)36-27(2,3)4/h6-14,21-23H,5,15-17H2,1-4H3,(H,28,32)/t21-,22-,23-/m1/s1. The number of benzene rings is 2. The fraction of sp³-hybridized carbons (Fsp3) is 0.444. The molecule has 2 fully saturated rings. The summed E-state index contributed by atoms with van der Waals surface area (Å²) in [7, 11) is -3.21. The van der Waals surface area contributed by atoms with Crippen molar-refractivity contribution in [2.75, 3.05) is 23.0 Å². The molecule has 0 unspecified atom stereocenters. The van der Waals surface area contributed by atoms with E-state index in [1.54, 1.807) is 20.8 Å². The van der Waals surface area contributed by atoms with Gasteiger partial charge in [0.1, 0.15) is 17.4 Å². The van der Waals surface area contributed by atoms with Crippen LogP contribution in [0.5, 0.6) is 5.75 Å². The van der Waals surface area contributed by atoms with Gasteiger partial charge in [-0.3, -0.25) is 4.79 Å². The molecule has 0 spiro atoms. The molecule has 204 valence electrons. The monoisotopic (exact) mass is 559 g/mol. The van der Waals surface area contributed by atoms with E-state index in [2.05, 4.69) is 10.3 Å². The van der Waals surface area contributed by atoms with Crippen LogP contribution < -0.4 is 15.0 Å². The zero-order chi connectivity index (χ0) is 27.5. The Kier molecular flexibility index (Phi) is 8.37. The number of alkyl carbamates (subject to hydrolysis) is 1. The highest BCUT2D eigenvalue weighted by Gasteiger charge is 2.49. The van der Waals surface area contributed by atoms with E-state index >= 15 is 0 Å². The fourth-order valence-electron chi connectivity index (χ4n) is 4.41. The van der Waals surface area contributed by atoms with Crippen molar-refractivity contribution in [2.24, 2.45) is 4.99 Å². The Morgan fingerprint density at radius 1 is 1.11 bits per heavy atom. The predicted molar refractivity (Wildman–Crippen MR) is 150 cm³/mol. The third kappa shape index (κ3) is 7.08. The molecule has 11 heteroatoms. The molecule has 2 heterocycles. The van der Waals surface area contributed by atoms with Gasteiger partial charge in [-0.25, -0.2) is 13.2 Å². The minimum absolute atomic E-state index is 0.0192. The number of sulfone groups is 1. The molecule has 2 amide bonds. The van der Waals surface area contributed by atoms with Gasteiger partial charge < -0.3 is 19.7 Å². The summed E-state index contributed by atoms with van der Waals surface area (Å²) >= 11 is 1.28. The van der Waals surface area contributed by atoms with Gasteiger partial charge in [0.25, 0.3) is 5.91 Å². The number of amidine groups is 1. The van der Waals surface area contributed by atoms with Gasteiger partial charge >= 0.3 is 6.09 Å². The van der Waals surface area contributed by atoms with Gasteiger partial charge in [0.2, 0.25) is 0 Å². The second-order valence-electron chi connectivity index (χ2n) is 10.2. The number of rotatable bonds is 7. The molecule has 0 aliphatic carbocycles. The maximum atomic E-state index is 13.5. The molecule has 4 rings (SSSR count). The van der Waals surface area contributed by atoms with Crippen LogP contribution in [0.3, 0.4) is 0 Å². The van der Waals surface area contributed by atoms with Crippen LogP contribution >= 0.6 is 11.8 Å². The molecule has 2 aromatic rings. The number of amides is 2. The molecule has 38 heavy (non-hydrogen) atoms. The van der Waals surface area contributed by atoms with Gasteiger partial charge in [-0.2, -0.15) is 4.99 Å². The summed E-state index contributed by atoms with van der Waals surface area (Å²) in [5, 5.41) is 2.84. The fourth-order valence-corrected chi connectivity index (χ4v) is 8.33. The van der Waals surface area contributed by atoms with Crippen molar-refractivity contribution in [1.29, 1.82) is 0 Å². The van der Waals surface area contributed by atoms with Crippen molar-refractivity contribution < 1.29 is 27.5 Å². The Bertz CT molecular complexity index is 1290. The van der Waals surface area contributed by atoms with E-state index in [0.29, 0.717) is 17.5 Å². The zero-order valence-electron chi connectivity index (χ0n) is 21.9. The highest BCUT2D eigenvalue weighted by Crippen LogP contribution is 2.41. The normalized spacial score (nSPS) is 22.1. The first-order chi connectivity index (χ1) is 17.9. The zero-order valence-corrected chi connectivity index (χ0v) is 23.6. The van der Waals surface area contributed by atoms with Gasteiger partial charge in [0.15, 0.2) is 15.0 Å². The Balaban J connectivity index is 1.64. The summed E-state index contributed by atoms with van der Waals surface area (Å²) < 4.78 is 35.7. The van der Waals surface area contributed by atoms with Gasteiger partial charge in [-0.05, 0) is 57.5 Å². The van der Waals surface area contributed by atoms with Crippen LogP contribution in [-0.4, -0.2) is 66.6 Å². The van der Waals surface area contributed by atoms with E-state index < -0.39 is 33.5 Å². The van der Waals surface area contributed by atoms with Crippen LogP contribution in [0.4, 0.5) is 10.5 Å². The Morgan fingerprint density at radius 2 is 1.79 bits per heavy atom. The molecule has 3 atom stereocenters. The average molecular weight is 560 g/mol. The van der Waals surface area contributed by atoms with Crippen LogP contribution in [0.15, 0.2) is 59.6 Å². The van der Waals surface area contributed by atoms with Crippen molar-refractivity contribution in [2.45, 2.75) is 57.1 Å². The van der Waals surface area contributed by atoms with E-state index in [4.69, 9.17) is 9.47 Å². The van der Waals surface area contributed by atoms with Crippen LogP contribution in [0, 0.1) is 0 Å². The predicted octanol–water partition coefficient (Wildman–Crippen LogP) is 3.82. The second kappa shape index (κ2) is 11.4. The molecule has 0 aromatic heterocycles. The maximum Gasteiger partial charge on any atom is 0.408 e. The SMILES string of the molecule is CCOc1ccc(N2C(=NC(=O)[C@@H](Cc3ccccc3)NC(=O)OC(C)(C)C)S[C@@H]3CS(=O)(=O)C[C@H]32)cc1. The van der Waals surface area contributed by atoms with Crippen molar-refractivity contribution >= 4 is 44.5 Å². The number of thioether (sulfide) groups is 1. The smallest absolute Gasteiger partial charge is 0.408 e. The Morgan fingerprint density at radius 3 is 2.42 bits per heavy atom. The van der Waals surface area contributed by atoms with Gasteiger partial charge in [0.05, 0.1) is 24.2 Å². The summed E-state index contributed by atoms with van der Waals surface area (Å²) in [4.78, 5) is 32.4. The lowest BCUT2D eigenvalue weighted by Crippen LogP contribution is -2.45. The minimum atomic E-state index is -3.21. The highest BCUT2D eigenvalue weighted by atomic mass is 32.2. The molecule has 0 bridgehead atoms. The van der Waals surface area contributed by atoms with Gasteiger partial charge in [0, 0.05) is 17.4 Å². The van der Waals surface area contributed by atoms with Crippen LogP contribution in [0.25, 0.3) is 0 Å². The molecule has 2 aromatic carbocycles. The number of carbonyl (C=O) groups excluding carboxylic acids is 2. The summed E-state index contributed by atoms with van der Waals surface area (Å²) in [6.07, 6.45) is -0.484. The first kappa shape index (κ1) is 28.0. The molecule has 2 aliphatic heterocycles. The van der Waals surface area contributed by atoms with Crippen LogP contribution in [-0.2, 0) is 25.8 Å². The number of hydrogen-bond acceptors (Lipinski definition) is 7. The van der Waals surface area contributed by atoms with Crippen molar-refractivity contribution in [3.63, 3.8) is 0 Å². The van der Waals surface area contributed by atoms with E-state index in [9.17, 15) is 18.0 Å². The molecule has 0 radical (unpaired) electrons. The van der Waals surface area contributed by atoms with Gasteiger partial charge in [-0.1, -0.05) is 42.1 Å². The topological polar surface area (TPSA) is 114 Å². The van der Waals surface area contributed by atoms with Crippen molar-refractivity contribution in [3.05, 3.63) is 60.2 Å². The number of fused-ring (bicyclic) bond motifs is 1. The van der Waals surface area contributed by atoms with E-state index in [1.807, 2.05) is 66.4 Å². The number of carbonyl (C=O) groups is 2. The number of ether oxygens (including phenoxy) is 2. The van der Waals surface area contributed by atoms with Crippen molar-refractivity contribution in [1.82, 2.24) is 5.32 Å². The van der Waals surface area contributed by atoms with Crippen LogP contribution in [0.1, 0.15) is 33.3 Å². The summed E-state index contributed by atoms with van der Waals surface area (Å²) in [5.74, 6) is 0.153. The maximum absolute atomic E-state index is 13.5. The minimum Gasteiger partial charge on any atom is -0.494 e. The summed E-state index contributed by atoms with van der Waals surface area (Å²) in [6, 6.07) is 15.3. The number of nitrogens with zero attached hydrogens (tertiary/aromatic N) is 2. The molecule has 2 saturated heterocycles. The van der Waals surface area contributed by atoms with Gasteiger partial charge in [-0.15, -0.1) is 0 Å². The quantitative estimate of drug-likeness (QED) is 0.545. The second-order valence-corrected chi connectivity index (χ2v) is 13.6.